The minimum atomic E-state index is -0.399. The van der Waals surface area contributed by atoms with Crippen LogP contribution in [0.5, 0.6) is 5.75 Å². The van der Waals surface area contributed by atoms with Crippen molar-refractivity contribution < 1.29 is 19.1 Å². The molecule has 5 rings (SSSR count). The maximum atomic E-state index is 13.7. The molecule has 3 unspecified atom stereocenters. The lowest BCUT2D eigenvalue weighted by atomic mass is 10.00. The first kappa shape index (κ1) is 28.7. The lowest BCUT2D eigenvalue weighted by Crippen LogP contribution is -2.51. The van der Waals surface area contributed by atoms with E-state index in [2.05, 4.69) is 20.5 Å². The molecular formula is C31H42N6O4. The highest BCUT2D eigenvalue weighted by atomic mass is 16.5. The molecule has 3 atom stereocenters. The van der Waals surface area contributed by atoms with Gasteiger partial charge in [-0.05, 0) is 55.5 Å². The Morgan fingerprint density at radius 3 is 2.49 bits per heavy atom. The second-order valence-corrected chi connectivity index (χ2v) is 11.2. The molecule has 4 amide bonds. The van der Waals surface area contributed by atoms with Gasteiger partial charge in [0.1, 0.15) is 11.6 Å². The summed E-state index contributed by atoms with van der Waals surface area (Å²) in [6.07, 6.45) is 6.58. The number of urea groups is 1. The Balaban J connectivity index is 1.26. The van der Waals surface area contributed by atoms with Gasteiger partial charge in [0.15, 0.2) is 0 Å². The third-order valence-electron chi connectivity index (χ3n) is 8.67. The van der Waals surface area contributed by atoms with Crippen LogP contribution >= 0.6 is 0 Å². The van der Waals surface area contributed by atoms with Crippen LogP contribution in [0.1, 0.15) is 44.1 Å². The van der Waals surface area contributed by atoms with Crippen molar-refractivity contribution in [3.05, 3.63) is 54.2 Å². The summed E-state index contributed by atoms with van der Waals surface area (Å²) in [5.41, 5.74) is 0.968. The number of hydrogen-bond acceptors (Lipinski definition) is 6. The molecule has 0 bridgehead atoms. The van der Waals surface area contributed by atoms with Crippen LogP contribution in [-0.4, -0.2) is 85.0 Å². The SMILES string of the molecule is COc1ccc(CNC(=O)N2CCCCCCNC(=O)C3CC(C(=O)N4CCN(c5ccccn5)CC4)CC32)cc1. The summed E-state index contributed by atoms with van der Waals surface area (Å²) in [6, 6.07) is 13.0. The number of hydrogen-bond donors (Lipinski definition) is 2. The summed E-state index contributed by atoms with van der Waals surface area (Å²) >= 11 is 0. The van der Waals surface area contributed by atoms with Gasteiger partial charge in [-0.1, -0.05) is 31.0 Å². The number of nitrogens with zero attached hydrogens (tertiary/aromatic N) is 4. The van der Waals surface area contributed by atoms with Gasteiger partial charge in [0.05, 0.1) is 13.0 Å². The predicted octanol–water partition coefficient (Wildman–Crippen LogP) is 3.04. The minimum Gasteiger partial charge on any atom is -0.497 e. The molecule has 2 saturated heterocycles. The minimum absolute atomic E-state index is 0.0416. The van der Waals surface area contributed by atoms with Gasteiger partial charge in [-0.15, -0.1) is 0 Å². The summed E-state index contributed by atoms with van der Waals surface area (Å²) in [7, 11) is 1.63. The highest BCUT2D eigenvalue weighted by molar-refractivity contribution is 5.85. The molecule has 1 saturated carbocycles. The van der Waals surface area contributed by atoms with E-state index in [1.54, 1.807) is 13.3 Å². The maximum absolute atomic E-state index is 13.7. The van der Waals surface area contributed by atoms with Gasteiger partial charge in [0.2, 0.25) is 11.8 Å². The van der Waals surface area contributed by atoms with Crippen molar-refractivity contribution >= 4 is 23.7 Å². The smallest absolute Gasteiger partial charge is 0.317 e. The molecule has 1 aromatic carbocycles. The van der Waals surface area contributed by atoms with E-state index in [0.717, 1.165) is 55.9 Å². The van der Waals surface area contributed by atoms with Crippen molar-refractivity contribution in [3.8, 4) is 5.75 Å². The fourth-order valence-electron chi connectivity index (χ4n) is 6.34. The standard InChI is InChI=1S/C31H42N6O4/c1-41-25-11-9-23(10-12-25)22-34-31(40)37-15-7-3-2-5-14-33-29(38)26-20-24(21-27(26)37)30(39)36-18-16-35(17-19-36)28-8-4-6-13-32-28/h4,6,8-13,24,26-27H,2-3,5,7,14-22H2,1H3,(H,33,38)(H,34,40). The molecule has 2 N–H and O–H groups in total. The number of rotatable bonds is 5. The Labute approximate surface area is 242 Å². The predicted molar refractivity (Wildman–Crippen MR) is 156 cm³/mol. The molecule has 1 aliphatic carbocycles. The third kappa shape index (κ3) is 7.10. The maximum Gasteiger partial charge on any atom is 0.317 e. The van der Waals surface area contributed by atoms with Crippen molar-refractivity contribution in [2.75, 3.05) is 51.3 Å². The number of aromatic nitrogens is 1. The van der Waals surface area contributed by atoms with Crippen LogP contribution in [0.15, 0.2) is 48.7 Å². The van der Waals surface area contributed by atoms with E-state index >= 15 is 0 Å². The van der Waals surface area contributed by atoms with Gasteiger partial charge >= 0.3 is 6.03 Å². The third-order valence-corrected chi connectivity index (χ3v) is 8.67. The van der Waals surface area contributed by atoms with Crippen LogP contribution in [0.25, 0.3) is 0 Å². The number of ether oxygens (including phenoxy) is 1. The van der Waals surface area contributed by atoms with Gasteiger partial charge in [-0.25, -0.2) is 9.78 Å². The average Bonchev–Trinajstić information content (AvgIpc) is 3.45. The average molecular weight is 563 g/mol. The Morgan fingerprint density at radius 2 is 1.76 bits per heavy atom. The molecular weight excluding hydrogens is 520 g/mol. The van der Waals surface area contributed by atoms with Gasteiger partial charge in [0.25, 0.3) is 0 Å². The number of anilines is 1. The normalized spacial score (nSPS) is 23.7. The molecule has 1 aromatic heterocycles. The fraction of sp³-hybridized carbons (Fsp3) is 0.548. The summed E-state index contributed by atoms with van der Waals surface area (Å²) in [5, 5.41) is 6.16. The molecule has 220 valence electrons. The second kappa shape index (κ2) is 13.7. The van der Waals surface area contributed by atoms with E-state index < -0.39 is 5.92 Å². The largest absolute Gasteiger partial charge is 0.497 e. The number of piperazine rings is 1. The quantitative estimate of drug-likeness (QED) is 0.580. The molecule has 2 aromatic rings. The van der Waals surface area contributed by atoms with E-state index in [-0.39, 0.29) is 29.8 Å². The number of methoxy groups -OCH3 is 1. The van der Waals surface area contributed by atoms with E-state index in [1.807, 2.05) is 52.3 Å². The van der Waals surface area contributed by atoms with Crippen molar-refractivity contribution in [1.29, 1.82) is 0 Å². The van der Waals surface area contributed by atoms with Gasteiger partial charge in [0, 0.05) is 64.0 Å². The first-order valence-corrected chi connectivity index (χ1v) is 14.9. The van der Waals surface area contributed by atoms with Crippen LogP contribution in [0.4, 0.5) is 10.6 Å². The molecule has 10 heteroatoms. The summed E-state index contributed by atoms with van der Waals surface area (Å²) in [6.45, 7) is 4.29. The molecule has 3 aliphatic rings. The van der Waals surface area contributed by atoms with Gasteiger partial charge in [-0.3, -0.25) is 9.59 Å². The molecule has 0 spiro atoms. The van der Waals surface area contributed by atoms with E-state index in [1.165, 1.54) is 0 Å². The van der Waals surface area contributed by atoms with E-state index in [4.69, 9.17) is 4.74 Å². The van der Waals surface area contributed by atoms with Crippen LogP contribution < -0.4 is 20.3 Å². The number of amides is 4. The van der Waals surface area contributed by atoms with Crippen molar-refractivity contribution in [1.82, 2.24) is 25.4 Å². The number of pyridine rings is 1. The van der Waals surface area contributed by atoms with Gasteiger partial charge in [-0.2, -0.15) is 0 Å². The summed E-state index contributed by atoms with van der Waals surface area (Å²) in [5.74, 6) is 1.06. The second-order valence-electron chi connectivity index (χ2n) is 11.2. The van der Waals surface area contributed by atoms with Crippen LogP contribution in [0, 0.1) is 11.8 Å². The Bertz CT molecular complexity index is 1170. The highest BCUT2D eigenvalue weighted by Gasteiger charge is 2.46. The monoisotopic (exact) mass is 562 g/mol. The number of benzene rings is 1. The summed E-state index contributed by atoms with van der Waals surface area (Å²) < 4.78 is 5.23. The Hall–Kier alpha value is -3.82. The zero-order chi connectivity index (χ0) is 28.6. The Morgan fingerprint density at radius 1 is 0.976 bits per heavy atom. The molecule has 10 nitrogen and oxygen atoms in total. The highest BCUT2D eigenvalue weighted by Crippen LogP contribution is 2.37. The first-order chi connectivity index (χ1) is 20.0. The van der Waals surface area contributed by atoms with Crippen molar-refractivity contribution in [3.63, 3.8) is 0 Å². The van der Waals surface area contributed by atoms with Crippen LogP contribution in [0.2, 0.25) is 0 Å². The van der Waals surface area contributed by atoms with Gasteiger partial charge < -0.3 is 30.1 Å². The number of nitrogens with one attached hydrogen (secondary N) is 2. The zero-order valence-electron chi connectivity index (χ0n) is 24.0. The molecule has 2 aliphatic heterocycles. The molecule has 41 heavy (non-hydrogen) atoms. The first-order valence-electron chi connectivity index (χ1n) is 14.9. The topological polar surface area (TPSA) is 107 Å². The lowest BCUT2D eigenvalue weighted by molar-refractivity contribution is -0.135. The lowest BCUT2D eigenvalue weighted by Gasteiger charge is -2.36. The van der Waals surface area contributed by atoms with E-state index in [0.29, 0.717) is 45.6 Å². The van der Waals surface area contributed by atoms with Crippen molar-refractivity contribution in [2.24, 2.45) is 11.8 Å². The zero-order valence-corrected chi connectivity index (χ0v) is 24.0. The van der Waals surface area contributed by atoms with Crippen molar-refractivity contribution in [2.45, 2.75) is 51.1 Å². The molecule has 0 radical (unpaired) electrons. The fourth-order valence-corrected chi connectivity index (χ4v) is 6.34. The summed E-state index contributed by atoms with van der Waals surface area (Å²) in [4.78, 5) is 51.1. The molecule has 3 fully saturated rings. The number of carbonyl (C=O) groups is 3. The van der Waals surface area contributed by atoms with Crippen LogP contribution in [0.3, 0.4) is 0 Å². The Kier molecular flexibility index (Phi) is 9.59. The molecule has 3 heterocycles. The number of fused-ring (bicyclic) bond motifs is 1. The van der Waals surface area contributed by atoms with Crippen LogP contribution in [-0.2, 0) is 16.1 Å². The number of carbonyl (C=O) groups excluding carboxylic acids is 3. The van der Waals surface area contributed by atoms with E-state index in [9.17, 15) is 14.4 Å².